The molecule has 0 bridgehead atoms. The standard InChI is InChI=1S/C14H15NO3/c1-14(2)11(12(14)13(16)17)8-4-5-10(18-3)9(6-8)7-15/h4-6,11-12H,1-3H3,(H,16,17). The molecule has 4 nitrogen and oxygen atoms in total. The first kappa shape index (κ1) is 12.4. The average molecular weight is 245 g/mol. The van der Waals surface area contributed by atoms with E-state index in [1.807, 2.05) is 19.9 Å². The molecule has 4 heteroatoms. The molecule has 1 aromatic carbocycles. The van der Waals surface area contributed by atoms with Gasteiger partial charge in [-0.25, -0.2) is 0 Å². The Hall–Kier alpha value is -2.02. The van der Waals surface area contributed by atoms with Crippen molar-refractivity contribution in [3.63, 3.8) is 0 Å². The Morgan fingerprint density at radius 2 is 2.17 bits per heavy atom. The predicted molar refractivity (Wildman–Crippen MR) is 65.4 cm³/mol. The third-order valence-corrected chi connectivity index (χ3v) is 3.80. The SMILES string of the molecule is COc1ccc(C2C(C(=O)O)C2(C)C)cc1C#N. The summed E-state index contributed by atoms with van der Waals surface area (Å²) in [6.07, 6.45) is 0. The lowest BCUT2D eigenvalue weighted by atomic mass is 10.0. The Labute approximate surface area is 106 Å². The third kappa shape index (κ3) is 1.72. The maximum absolute atomic E-state index is 11.1. The number of hydrogen-bond acceptors (Lipinski definition) is 3. The fourth-order valence-electron chi connectivity index (χ4n) is 2.73. The molecule has 0 spiro atoms. The molecule has 1 aliphatic carbocycles. The number of methoxy groups -OCH3 is 1. The van der Waals surface area contributed by atoms with Gasteiger partial charge in [0.25, 0.3) is 0 Å². The normalized spacial score (nSPS) is 24.1. The lowest BCUT2D eigenvalue weighted by molar-refractivity contribution is -0.139. The van der Waals surface area contributed by atoms with Crippen LogP contribution in [-0.2, 0) is 4.79 Å². The predicted octanol–water partition coefficient (Wildman–Crippen LogP) is 2.39. The van der Waals surface area contributed by atoms with Crippen LogP contribution >= 0.6 is 0 Å². The first-order chi connectivity index (χ1) is 8.43. The maximum atomic E-state index is 11.1. The van der Waals surface area contributed by atoms with Crippen LogP contribution in [0.25, 0.3) is 0 Å². The molecule has 1 fully saturated rings. The summed E-state index contributed by atoms with van der Waals surface area (Å²) in [4.78, 5) is 11.1. The van der Waals surface area contributed by atoms with Gasteiger partial charge in [0, 0.05) is 5.92 Å². The highest BCUT2D eigenvalue weighted by molar-refractivity contribution is 5.77. The fourth-order valence-corrected chi connectivity index (χ4v) is 2.73. The Bertz CT molecular complexity index is 542. The smallest absolute Gasteiger partial charge is 0.307 e. The highest BCUT2D eigenvalue weighted by atomic mass is 16.5. The summed E-state index contributed by atoms with van der Waals surface area (Å²) in [5, 5.41) is 18.2. The first-order valence-corrected chi connectivity index (χ1v) is 5.74. The number of carboxylic acids is 1. The zero-order valence-electron chi connectivity index (χ0n) is 10.6. The van der Waals surface area contributed by atoms with E-state index in [2.05, 4.69) is 6.07 Å². The molecule has 18 heavy (non-hydrogen) atoms. The Morgan fingerprint density at radius 1 is 1.50 bits per heavy atom. The monoisotopic (exact) mass is 245 g/mol. The van der Waals surface area contributed by atoms with Gasteiger partial charge in [0.05, 0.1) is 18.6 Å². The van der Waals surface area contributed by atoms with Gasteiger partial charge in [-0.2, -0.15) is 5.26 Å². The molecular weight excluding hydrogens is 230 g/mol. The Kier molecular flexibility index (Phi) is 2.78. The second kappa shape index (κ2) is 4.02. The van der Waals surface area contributed by atoms with Crippen molar-refractivity contribution >= 4 is 5.97 Å². The lowest BCUT2D eigenvalue weighted by Crippen LogP contribution is -2.03. The van der Waals surface area contributed by atoms with Crippen molar-refractivity contribution < 1.29 is 14.6 Å². The van der Waals surface area contributed by atoms with E-state index in [9.17, 15) is 4.79 Å². The van der Waals surface area contributed by atoms with Gasteiger partial charge in [0.2, 0.25) is 0 Å². The second-order valence-electron chi connectivity index (χ2n) is 5.19. The van der Waals surface area contributed by atoms with Crippen LogP contribution in [0, 0.1) is 22.7 Å². The highest BCUT2D eigenvalue weighted by Gasteiger charge is 2.62. The van der Waals surface area contributed by atoms with E-state index in [1.54, 1.807) is 12.1 Å². The lowest BCUT2D eigenvalue weighted by Gasteiger charge is -2.06. The molecule has 0 amide bonds. The van der Waals surface area contributed by atoms with Gasteiger partial charge in [-0.15, -0.1) is 0 Å². The molecule has 94 valence electrons. The van der Waals surface area contributed by atoms with Crippen molar-refractivity contribution in [1.29, 1.82) is 5.26 Å². The first-order valence-electron chi connectivity index (χ1n) is 5.74. The number of carboxylic acid groups (broad SMARTS) is 1. The van der Waals surface area contributed by atoms with Gasteiger partial charge in [-0.05, 0) is 23.1 Å². The number of aliphatic carboxylic acids is 1. The molecular formula is C14H15NO3. The van der Waals surface area contributed by atoms with Crippen LogP contribution in [-0.4, -0.2) is 18.2 Å². The molecule has 0 aromatic heterocycles. The van der Waals surface area contributed by atoms with E-state index in [-0.39, 0.29) is 17.3 Å². The van der Waals surface area contributed by atoms with Gasteiger partial charge in [-0.1, -0.05) is 19.9 Å². The van der Waals surface area contributed by atoms with E-state index in [0.717, 1.165) is 5.56 Å². The van der Waals surface area contributed by atoms with Crippen molar-refractivity contribution in [3.05, 3.63) is 29.3 Å². The van der Waals surface area contributed by atoms with Crippen molar-refractivity contribution in [2.75, 3.05) is 7.11 Å². The fraction of sp³-hybridized carbons (Fsp3) is 0.429. The Balaban J connectivity index is 2.38. The topological polar surface area (TPSA) is 70.3 Å². The number of benzene rings is 1. The minimum absolute atomic E-state index is 0.0343. The van der Waals surface area contributed by atoms with Crippen molar-refractivity contribution in [1.82, 2.24) is 0 Å². The van der Waals surface area contributed by atoms with Crippen LogP contribution in [0.5, 0.6) is 5.75 Å². The van der Waals surface area contributed by atoms with Gasteiger partial charge in [0.1, 0.15) is 11.8 Å². The minimum Gasteiger partial charge on any atom is -0.495 e. The molecule has 0 aliphatic heterocycles. The number of nitriles is 1. The second-order valence-corrected chi connectivity index (χ2v) is 5.19. The molecule has 0 heterocycles. The van der Waals surface area contributed by atoms with Crippen LogP contribution < -0.4 is 4.74 Å². The molecule has 1 N–H and O–H groups in total. The van der Waals surface area contributed by atoms with Crippen molar-refractivity contribution in [2.45, 2.75) is 19.8 Å². The third-order valence-electron chi connectivity index (χ3n) is 3.80. The van der Waals surface area contributed by atoms with E-state index in [1.165, 1.54) is 7.11 Å². The number of hydrogen-bond donors (Lipinski definition) is 1. The summed E-state index contributed by atoms with van der Waals surface area (Å²) in [5.74, 6) is -0.670. The Morgan fingerprint density at radius 3 is 2.61 bits per heavy atom. The molecule has 1 aromatic rings. The molecule has 2 rings (SSSR count). The van der Waals surface area contributed by atoms with E-state index in [0.29, 0.717) is 11.3 Å². The van der Waals surface area contributed by atoms with Crippen LogP contribution in [0.3, 0.4) is 0 Å². The summed E-state index contributed by atoms with van der Waals surface area (Å²) in [7, 11) is 1.51. The van der Waals surface area contributed by atoms with Crippen LogP contribution in [0.4, 0.5) is 0 Å². The maximum Gasteiger partial charge on any atom is 0.307 e. The van der Waals surface area contributed by atoms with E-state index < -0.39 is 5.97 Å². The van der Waals surface area contributed by atoms with Gasteiger partial charge in [0.15, 0.2) is 0 Å². The van der Waals surface area contributed by atoms with Crippen LogP contribution in [0.15, 0.2) is 18.2 Å². The zero-order chi connectivity index (χ0) is 13.5. The van der Waals surface area contributed by atoms with Gasteiger partial charge >= 0.3 is 5.97 Å². The van der Waals surface area contributed by atoms with Crippen molar-refractivity contribution in [3.8, 4) is 11.8 Å². The summed E-state index contributed by atoms with van der Waals surface area (Å²) < 4.78 is 5.08. The summed E-state index contributed by atoms with van der Waals surface area (Å²) in [5.41, 5.74) is 1.08. The van der Waals surface area contributed by atoms with Crippen molar-refractivity contribution in [2.24, 2.45) is 11.3 Å². The number of ether oxygens (including phenoxy) is 1. The minimum atomic E-state index is -0.778. The van der Waals surface area contributed by atoms with Gasteiger partial charge in [-0.3, -0.25) is 4.79 Å². The summed E-state index contributed by atoms with van der Waals surface area (Å²) >= 11 is 0. The van der Waals surface area contributed by atoms with E-state index >= 15 is 0 Å². The number of nitrogens with zero attached hydrogens (tertiary/aromatic N) is 1. The molecule has 2 unspecified atom stereocenters. The molecule has 1 aliphatic rings. The van der Waals surface area contributed by atoms with E-state index in [4.69, 9.17) is 15.1 Å². The molecule has 1 saturated carbocycles. The van der Waals surface area contributed by atoms with Crippen LogP contribution in [0.2, 0.25) is 0 Å². The van der Waals surface area contributed by atoms with Crippen LogP contribution in [0.1, 0.15) is 30.9 Å². The number of carbonyl (C=O) groups is 1. The largest absolute Gasteiger partial charge is 0.495 e. The molecule has 2 atom stereocenters. The molecule has 0 saturated heterocycles. The quantitative estimate of drug-likeness (QED) is 0.887. The number of rotatable bonds is 3. The molecule has 0 radical (unpaired) electrons. The highest BCUT2D eigenvalue weighted by Crippen LogP contribution is 2.64. The average Bonchev–Trinajstić information content (AvgIpc) is 2.91. The summed E-state index contributed by atoms with van der Waals surface area (Å²) in [6, 6.07) is 7.36. The zero-order valence-corrected chi connectivity index (χ0v) is 10.6. The van der Waals surface area contributed by atoms with Gasteiger partial charge < -0.3 is 9.84 Å². The summed E-state index contributed by atoms with van der Waals surface area (Å²) in [6.45, 7) is 3.87.